The average Bonchev–Trinajstić information content (AvgIpc) is 2.74. The smallest absolute Gasteiger partial charge is 0.318 e. The minimum Gasteiger partial charge on any atom is -0.450 e. The molecular formula is C19H13N5O6. The summed E-state index contributed by atoms with van der Waals surface area (Å²) < 4.78 is 5.52. The van der Waals surface area contributed by atoms with Crippen molar-refractivity contribution >= 4 is 23.5 Å². The van der Waals surface area contributed by atoms with Gasteiger partial charge in [0.15, 0.2) is 0 Å². The lowest BCUT2D eigenvalue weighted by Gasteiger charge is -2.07. The molecule has 0 bridgehead atoms. The number of nitrogens with one attached hydrogen (secondary N) is 1. The Morgan fingerprint density at radius 3 is 2.60 bits per heavy atom. The Hall–Kier alpha value is -4.67. The Kier molecular flexibility index (Phi) is 6.03. The molecule has 1 N–H and O–H groups in total. The average molecular weight is 407 g/mol. The van der Waals surface area contributed by atoms with Crippen LogP contribution in [-0.4, -0.2) is 27.0 Å². The fourth-order valence-corrected chi connectivity index (χ4v) is 2.36. The number of hydrazone groups is 1. The SMILES string of the molecule is O=C(NN=Cc1cccc(Oc2ccc([N+](=O)[O-])cc2[N+](=O)[O-])c1)c1cccnc1. The van der Waals surface area contributed by atoms with Gasteiger partial charge in [0.2, 0.25) is 5.75 Å². The number of amides is 1. The molecule has 150 valence electrons. The highest BCUT2D eigenvalue weighted by molar-refractivity contribution is 5.94. The summed E-state index contributed by atoms with van der Waals surface area (Å²) in [5.41, 5.74) is 2.29. The van der Waals surface area contributed by atoms with E-state index in [0.717, 1.165) is 18.2 Å². The Balaban J connectivity index is 1.74. The van der Waals surface area contributed by atoms with Gasteiger partial charge in [-0.25, -0.2) is 5.43 Å². The Bertz CT molecular complexity index is 1130. The van der Waals surface area contributed by atoms with E-state index < -0.39 is 27.1 Å². The Labute approximate surface area is 168 Å². The van der Waals surface area contributed by atoms with Crippen molar-refractivity contribution < 1.29 is 19.4 Å². The Morgan fingerprint density at radius 2 is 1.90 bits per heavy atom. The number of carbonyl (C=O) groups is 1. The third-order valence-corrected chi connectivity index (χ3v) is 3.74. The highest BCUT2D eigenvalue weighted by atomic mass is 16.6. The van der Waals surface area contributed by atoms with Crippen LogP contribution in [-0.2, 0) is 0 Å². The van der Waals surface area contributed by atoms with Crippen LogP contribution in [0.2, 0.25) is 0 Å². The van der Waals surface area contributed by atoms with E-state index in [2.05, 4.69) is 15.5 Å². The summed E-state index contributed by atoms with van der Waals surface area (Å²) in [7, 11) is 0. The van der Waals surface area contributed by atoms with E-state index in [-0.39, 0.29) is 11.5 Å². The predicted octanol–water partition coefficient (Wildman–Crippen LogP) is 3.45. The van der Waals surface area contributed by atoms with Gasteiger partial charge in [-0.15, -0.1) is 0 Å². The predicted molar refractivity (Wildman–Crippen MR) is 106 cm³/mol. The van der Waals surface area contributed by atoms with Crippen molar-refractivity contribution in [3.8, 4) is 11.5 Å². The van der Waals surface area contributed by atoms with Gasteiger partial charge in [-0.3, -0.25) is 30.0 Å². The summed E-state index contributed by atoms with van der Waals surface area (Å²) in [6.45, 7) is 0. The van der Waals surface area contributed by atoms with Gasteiger partial charge < -0.3 is 4.74 Å². The third-order valence-electron chi connectivity index (χ3n) is 3.74. The molecule has 2 aromatic carbocycles. The standard InChI is InChI=1S/C19H13N5O6/c25-19(14-4-2-8-20-12-14)22-21-11-13-3-1-5-16(9-13)30-18-7-6-15(23(26)27)10-17(18)24(28)29/h1-12H,(H,22,25). The first-order chi connectivity index (χ1) is 14.4. The molecule has 0 atom stereocenters. The molecule has 3 aromatic rings. The molecule has 11 nitrogen and oxygen atoms in total. The van der Waals surface area contributed by atoms with Crippen LogP contribution >= 0.6 is 0 Å². The number of nitro groups is 2. The van der Waals surface area contributed by atoms with E-state index in [4.69, 9.17) is 4.74 Å². The maximum absolute atomic E-state index is 11.9. The van der Waals surface area contributed by atoms with E-state index >= 15 is 0 Å². The van der Waals surface area contributed by atoms with Gasteiger partial charge in [-0.2, -0.15) is 5.10 Å². The van der Waals surface area contributed by atoms with E-state index in [0.29, 0.717) is 11.1 Å². The van der Waals surface area contributed by atoms with Crippen LogP contribution in [0.25, 0.3) is 0 Å². The van der Waals surface area contributed by atoms with Gasteiger partial charge in [0, 0.05) is 18.5 Å². The lowest BCUT2D eigenvalue weighted by atomic mass is 10.2. The summed E-state index contributed by atoms with van der Waals surface area (Å²) in [4.78, 5) is 36.3. The molecule has 1 aromatic heterocycles. The molecule has 30 heavy (non-hydrogen) atoms. The molecule has 0 fully saturated rings. The fraction of sp³-hybridized carbons (Fsp3) is 0. The monoisotopic (exact) mass is 407 g/mol. The molecule has 1 amide bonds. The molecular weight excluding hydrogens is 394 g/mol. The first-order valence-electron chi connectivity index (χ1n) is 8.38. The maximum atomic E-state index is 11.9. The number of rotatable bonds is 7. The second-order valence-electron chi connectivity index (χ2n) is 5.78. The number of aromatic nitrogens is 1. The zero-order valence-electron chi connectivity index (χ0n) is 15.2. The van der Waals surface area contributed by atoms with Crippen molar-refractivity contribution in [2.24, 2.45) is 5.10 Å². The number of carbonyl (C=O) groups excluding carboxylic acids is 1. The molecule has 0 radical (unpaired) electrons. The molecule has 11 heteroatoms. The Morgan fingerprint density at radius 1 is 1.07 bits per heavy atom. The number of hydrogen-bond acceptors (Lipinski definition) is 8. The summed E-state index contributed by atoms with van der Waals surface area (Å²) in [5, 5.41) is 25.9. The second-order valence-corrected chi connectivity index (χ2v) is 5.78. The minimum absolute atomic E-state index is 0.149. The van der Waals surface area contributed by atoms with Crippen LogP contribution in [0.3, 0.4) is 0 Å². The topological polar surface area (TPSA) is 150 Å². The second kappa shape index (κ2) is 9.01. The van der Waals surface area contributed by atoms with Crippen molar-refractivity contribution in [3.63, 3.8) is 0 Å². The zero-order chi connectivity index (χ0) is 21.5. The van der Waals surface area contributed by atoms with Crippen molar-refractivity contribution in [1.29, 1.82) is 0 Å². The first kappa shape index (κ1) is 20.1. The number of benzene rings is 2. The fourth-order valence-electron chi connectivity index (χ4n) is 2.36. The van der Waals surface area contributed by atoms with Gasteiger partial charge in [0.05, 0.1) is 27.7 Å². The van der Waals surface area contributed by atoms with Gasteiger partial charge in [0.1, 0.15) is 5.75 Å². The molecule has 0 saturated carbocycles. The molecule has 1 heterocycles. The number of nitrogens with zero attached hydrogens (tertiary/aromatic N) is 4. The molecule has 0 aliphatic carbocycles. The van der Waals surface area contributed by atoms with Crippen molar-refractivity contribution in [2.75, 3.05) is 0 Å². The number of ether oxygens (including phenoxy) is 1. The largest absolute Gasteiger partial charge is 0.450 e. The molecule has 0 unspecified atom stereocenters. The highest BCUT2D eigenvalue weighted by Gasteiger charge is 2.21. The minimum atomic E-state index is -0.762. The number of non-ortho nitro benzene ring substituents is 1. The van der Waals surface area contributed by atoms with Crippen LogP contribution in [0.15, 0.2) is 72.1 Å². The van der Waals surface area contributed by atoms with Crippen LogP contribution in [0.1, 0.15) is 15.9 Å². The summed E-state index contributed by atoms with van der Waals surface area (Å²) in [6, 6.07) is 12.7. The van der Waals surface area contributed by atoms with Crippen molar-refractivity contribution in [1.82, 2.24) is 10.4 Å². The van der Waals surface area contributed by atoms with Gasteiger partial charge >= 0.3 is 5.69 Å². The van der Waals surface area contributed by atoms with Crippen LogP contribution < -0.4 is 10.2 Å². The molecule has 0 saturated heterocycles. The van der Waals surface area contributed by atoms with Gasteiger partial charge in [-0.1, -0.05) is 12.1 Å². The first-order valence-corrected chi connectivity index (χ1v) is 8.38. The normalized spacial score (nSPS) is 10.5. The molecule has 0 aliphatic rings. The number of pyridine rings is 1. The summed E-state index contributed by atoms with van der Waals surface area (Å²) >= 11 is 0. The van der Waals surface area contributed by atoms with Gasteiger partial charge in [0.25, 0.3) is 11.6 Å². The van der Waals surface area contributed by atoms with E-state index in [9.17, 15) is 25.0 Å². The van der Waals surface area contributed by atoms with Crippen molar-refractivity contribution in [3.05, 3.63) is 98.3 Å². The van der Waals surface area contributed by atoms with Crippen LogP contribution in [0, 0.1) is 20.2 Å². The van der Waals surface area contributed by atoms with E-state index in [1.807, 2.05) is 0 Å². The van der Waals surface area contributed by atoms with Crippen LogP contribution in [0.4, 0.5) is 11.4 Å². The number of nitro benzene ring substituents is 2. The summed E-state index contributed by atoms with van der Waals surface area (Å²) in [6.07, 6.45) is 4.31. The van der Waals surface area contributed by atoms with E-state index in [1.54, 1.807) is 36.5 Å². The zero-order valence-corrected chi connectivity index (χ0v) is 15.2. The molecule has 0 spiro atoms. The van der Waals surface area contributed by atoms with Gasteiger partial charge in [-0.05, 0) is 35.9 Å². The third kappa shape index (κ3) is 4.98. The van der Waals surface area contributed by atoms with E-state index in [1.165, 1.54) is 18.5 Å². The lowest BCUT2D eigenvalue weighted by Crippen LogP contribution is -2.17. The number of hydrogen-bond donors (Lipinski definition) is 1. The van der Waals surface area contributed by atoms with Crippen LogP contribution in [0.5, 0.6) is 11.5 Å². The molecule has 3 rings (SSSR count). The summed E-state index contributed by atoms with van der Waals surface area (Å²) in [5.74, 6) is -0.340. The lowest BCUT2D eigenvalue weighted by molar-refractivity contribution is -0.394. The quantitative estimate of drug-likeness (QED) is 0.358. The highest BCUT2D eigenvalue weighted by Crippen LogP contribution is 2.34. The van der Waals surface area contributed by atoms with Crippen molar-refractivity contribution in [2.45, 2.75) is 0 Å². The molecule has 0 aliphatic heterocycles. The maximum Gasteiger partial charge on any atom is 0.318 e.